The second-order valence-corrected chi connectivity index (χ2v) is 8.51. The van der Waals surface area contributed by atoms with Crippen molar-refractivity contribution < 1.29 is 14.3 Å². The van der Waals surface area contributed by atoms with Crippen LogP contribution in [0.2, 0.25) is 0 Å². The summed E-state index contributed by atoms with van der Waals surface area (Å²) >= 11 is 18.1. The molecule has 5 nitrogen and oxygen atoms in total. The second-order valence-electron chi connectivity index (χ2n) is 4.98. The van der Waals surface area contributed by atoms with Crippen LogP contribution >= 0.6 is 46.6 Å². The smallest absolute Gasteiger partial charge is 0.418 e. The summed E-state index contributed by atoms with van der Waals surface area (Å²) in [5, 5.41) is 0. The lowest BCUT2D eigenvalue weighted by Crippen LogP contribution is -2.32. The van der Waals surface area contributed by atoms with Gasteiger partial charge in [-0.05, 0) is 6.92 Å². The number of hydrogen-bond acceptors (Lipinski definition) is 4. The van der Waals surface area contributed by atoms with Crippen LogP contribution in [0.5, 0.6) is 0 Å². The Kier molecular flexibility index (Phi) is 5.94. The minimum Gasteiger partial charge on any atom is -0.444 e. The van der Waals surface area contributed by atoms with E-state index in [0.29, 0.717) is 5.75 Å². The fourth-order valence-electron chi connectivity index (χ4n) is 2.03. The maximum atomic E-state index is 11.8. The zero-order valence-corrected chi connectivity index (χ0v) is 15.5. The van der Waals surface area contributed by atoms with Crippen LogP contribution < -0.4 is 0 Å². The molecule has 0 N–H and O–H groups in total. The first-order valence-corrected chi connectivity index (χ1v) is 8.79. The molecule has 0 saturated heterocycles. The van der Waals surface area contributed by atoms with Crippen molar-refractivity contribution in [2.24, 2.45) is 5.92 Å². The van der Waals surface area contributed by atoms with Gasteiger partial charge >= 0.3 is 6.09 Å². The van der Waals surface area contributed by atoms with Crippen molar-refractivity contribution in [1.29, 1.82) is 0 Å². The van der Waals surface area contributed by atoms with Gasteiger partial charge in [0.1, 0.15) is 6.61 Å². The Bertz CT molecular complexity index is 585. The van der Waals surface area contributed by atoms with Gasteiger partial charge in [-0.25, -0.2) is 4.79 Å². The summed E-state index contributed by atoms with van der Waals surface area (Å²) in [6.45, 7) is 1.58. The van der Waals surface area contributed by atoms with Crippen molar-refractivity contribution in [2.75, 3.05) is 19.4 Å². The number of hydrogen-bond donors (Lipinski definition) is 0. The number of rotatable bonds is 2. The molecule has 0 radical (unpaired) electrons. The van der Waals surface area contributed by atoms with E-state index in [9.17, 15) is 9.59 Å². The van der Waals surface area contributed by atoms with E-state index >= 15 is 0 Å². The number of thioether (sulfide) groups is 1. The maximum Gasteiger partial charge on any atom is 0.418 e. The molecule has 126 valence electrons. The zero-order valence-electron chi connectivity index (χ0n) is 12.5. The number of alkyl halides is 3. The van der Waals surface area contributed by atoms with Gasteiger partial charge in [-0.3, -0.25) is 9.69 Å². The first-order chi connectivity index (χ1) is 10.7. The van der Waals surface area contributed by atoms with Crippen LogP contribution in [-0.4, -0.2) is 45.0 Å². The average molecular weight is 398 g/mol. The highest BCUT2D eigenvalue weighted by Crippen LogP contribution is 2.36. The molecule has 9 heteroatoms. The number of nitrogens with zero attached hydrogens (tertiary/aromatic N) is 2. The van der Waals surface area contributed by atoms with Crippen molar-refractivity contribution in [3.63, 3.8) is 0 Å². The van der Waals surface area contributed by atoms with Gasteiger partial charge in [-0.15, -0.1) is 11.8 Å². The molecule has 0 aromatic rings. The Balaban J connectivity index is 2.01. The molecule has 0 aliphatic carbocycles. The molecule has 0 fully saturated rings. The van der Waals surface area contributed by atoms with Crippen LogP contribution in [-0.2, 0) is 9.53 Å². The maximum absolute atomic E-state index is 11.8. The van der Waals surface area contributed by atoms with E-state index in [1.807, 2.05) is 19.1 Å². The fourth-order valence-corrected chi connectivity index (χ4v) is 3.36. The van der Waals surface area contributed by atoms with Crippen LogP contribution in [0.15, 0.2) is 35.2 Å². The summed E-state index contributed by atoms with van der Waals surface area (Å²) in [4.78, 5) is 27.5. The van der Waals surface area contributed by atoms with Gasteiger partial charge in [-0.1, -0.05) is 47.0 Å². The van der Waals surface area contributed by atoms with Crippen molar-refractivity contribution in [1.82, 2.24) is 9.80 Å². The van der Waals surface area contributed by atoms with Gasteiger partial charge in [0.05, 0.1) is 5.75 Å². The zero-order chi connectivity index (χ0) is 17.2. The molecule has 23 heavy (non-hydrogen) atoms. The number of halogens is 3. The second kappa shape index (κ2) is 7.38. The molecule has 0 saturated carbocycles. The number of amides is 2. The third-order valence-corrected chi connectivity index (χ3v) is 4.96. The third kappa shape index (κ3) is 4.83. The molecule has 2 heterocycles. The topological polar surface area (TPSA) is 49.9 Å². The van der Waals surface area contributed by atoms with Gasteiger partial charge in [0.25, 0.3) is 0 Å². The van der Waals surface area contributed by atoms with Crippen LogP contribution in [0.4, 0.5) is 4.79 Å². The van der Waals surface area contributed by atoms with Crippen molar-refractivity contribution >= 4 is 58.6 Å². The molecule has 2 rings (SSSR count). The minimum absolute atomic E-state index is 0.00720. The molecule has 0 unspecified atom stereocenters. The minimum atomic E-state index is -1.64. The van der Waals surface area contributed by atoms with Crippen molar-refractivity contribution in [3.05, 3.63) is 35.2 Å². The first kappa shape index (κ1) is 18.5. The van der Waals surface area contributed by atoms with Gasteiger partial charge in [0.15, 0.2) is 0 Å². The molecular weight excluding hydrogens is 383 g/mol. The van der Waals surface area contributed by atoms with E-state index in [1.54, 1.807) is 24.3 Å². The Morgan fingerprint density at radius 3 is 2.57 bits per heavy atom. The van der Waals surface area contributed by atoms with E-state index in [2.05, 4.69) is 0 Å². The molecule has 0 bridgehead atoms. The molecule has 2 aliphatic rings. The molecule has 0 atom stereocenters. The summed E-state index contributed by atoms with van der Waals surface area (Å²) in [6, 6.07) is 0. The predicted octanol–water partition coefficient (Wildman–Crippen LogP) is 3.89. The Labute approximate surface area is 153 Å². The number of ether oxygens (including phenoxy) is 1. The van der Waals surface area contributed by atoms with Crippen LogP contribution in [0, 0.1) is 5.92 Å². The van der Waals surface area contributed by atoms with Gasteiger partial charge in [0, 0.05) is 36.0 Å². The van der Waals surface area contributed by atoms with E-state index in [1.165, 1.54) is 16.7 Å². The van der Waals surface area contributed by atoms with E-state index in [0.717, 1.165) is 10.6 Å². The SMILES string of the molecule is CC1=C(C2C=CN(C(=O)OCC(Cl)(Cl)Cl)C=C2)SCC(=O)N1C. The number of carbonyl (C=O) groups excluding carboxylic acids is 2. The third-order valence-electron chi connectivity index (χ3n) is 3.37. The monoisotopic (exact) mass is 396 g/mol. The lowest BCUT2D eigenvalue weighted by Gasteiger charge is -2.30. The molecule has 0 aromatic carbocycles. The van der Waals surface area contributed by atoms with Gasteiger partial charge in [-0.2, -0.15) is 0 Å². The van der Waals surface area contributed by atoms with E-state index < -0.39 is 9.89 Å². The largest absolute Gasteiger partial charge is 0.444 e. The summed E-state index contributed by atoms with van der Waals surface area (Å²) < 4.78 is 3.26. The summed E-state index contributed by atoms with van der Waals surface area (Å²) in [7, 11) is 1.76. The standard InChI is InChI=1S/C14H15Cl3N2O3S/c1-9-12(23-7-11(20)18(9)2)10-3-5-19(6-4-10)13(21)22-8-14(15,16)17/h3-6,10H,7-8H2,1-2H3. The highest BCUT2D eigenvalue weighted by Gasteiger charge is 2.27. The fraction of sp³-hybridized carbons (Fsp3) is 0.429. The summed E-state index contributed by atoms with van der Waals surface area (Å²) in [5.74, 6) is 0.501. The average Bonchev–Trinajstić information content (AvgIpc) is 2.50. The van der Waals surface area contributed by atoms with Crippen LogP contribution in [0.3, 0.4) is 0 Å². The summed E-state index contributed by atoms with van der Waals surface area (Å²) in [5.41, 5.74) is 0.915. The highest BCUT2D eigenvalue weighted by atomic mass is 35.6. The summed E-state index contributed by atoms with van der Waals surface area (Å²) in [6.07, 6.45) is 6.28. The lowest BCUT2D eigenvalue weighted by molar-refractivity contribution is -0.125. The molecule has 0 aromatic heterocycles. The van der Waals surface area contributed by atoms with Crippen molar-refractivity contribution in [2.45, 2.75) is 10.7 Å². The Hall–Kier alpha value is -0.820. The van der Waals surface area contributed by atoms with Crippen molar-refractivity contribution in [3.8, 4) is 0 Å². The highest BCUT2D eigenvalue weighted by molar-refractivity contribution is 8.03. The number of allylic oxidation sites excluding steroid dienone is 4. The van der Waals surface area contributed by atoms with Gasteiger partial charge in [0.2, 0.25) is 9.70 Å². The number of carbonyl (C=O) groups is 2. The molecular formula is C14H15Cl3N2O3S. The lowest BCUT2D eigenvalue weighted by atomic mass is 10.1. The van der Waals surface area contributed by atoms with Crippen LogP contribution in [0.1, 0.15) is 6.92 Å². The molecule has 2 aliphatic heterocycles. The normalized spacial score (nSPS) is 19.6. The Morgan fingerprint density at radius 2 is 2.00 bits per heavy atom. The van der Waals surface area contributed by atoms with Crippen LogP contribution in [0.25, 0.3) is 0 Å². The quantitative estimate of drug-likeness (QED) is 0.663. The molecule has 2 amide bonds. The van der Waals surface area contributed by atoms with E-state index in [-0.39, 0.29) is 18.4 Å². The van der Waals surface area contributed by atoms with Gasteiger partial charge < -0.3 is 9.64 Å². The predicted molar refractivity (Wildman–Crippen MR) is 93.2 cm³/mol. The molecule has 0 spiro atoms. The Morgan fingerprint density at radius 1 is 1.39 bits per heavy atom. The first-order valence-electron chi connectivity index (χ1n) is 6.67. The van der Waals surface area contributed by atoms with E-state index in [4.69, 9.17) is 39.5 Å².